The van der Waals surface area contributed by atoms with Crippen LogP contribution < -0.4 is 0 Å². The Kier molecular flexibility index (Phi) is 26.9. The molecule has 0 fully saturated rings. The lowest BCUT2D eigenvalue weighted by Gasteiger charge is -2.28. The summed E-state index contributed by atoms with van der Waals surface area (Å²) in [6.07, 6.45) is 24.4. The maximum absolute atomic E-state index is 12.7. The molecule has 0 rings (SSSR count). The fraction of sp³-hybridized carbons (Fsp3) is 0.943. The van der Waals surface area contributed by atoms with Gasteiger partial charge in [0.2, 0.25) is 0 Å². The second kappa shape index (κ2) is 27.7. The van der Waals surface area contributed by atoms with Crippen LogP contribution in [0.15, 0.2) is 0 Å². The SMILES string of the molecule is CCCCCCCCCN(CCCCCCCC(=O)OC)CCN(CCCCCCCCC)CC(=O)OC(C)(C)C. The molecule has 0 atom stereocenters. The third-order valence-electron chi connectivity index (χ3n) is 7.74. The summed E-state index contributed by atoms with van der Waals surface area (Å²) in [5.74, 6) is -0.204. The van der Waals surface area contributed by atoms with Crippen molar-refractivity contribution in [1.82, 2.24) is 9.80 Å². The number of methoxy groups -OCH3 is 1. The summed E-state index contributed by atoms with van der Waals surface area (Å²) in [6.45, 7) is 15.9. The smallest absolute Gasteiger partial charge is 0.320 e. The zero-order chi connectivity index (χ0) is 30.6. The molecule has 6 nitrogen and oxygen atoms in total. The fourth-order valence-corrected chi connectivity index (χ4v) is 5.27. The predicted octanol–water partition coefficient (Wildman–Crippen LogP) is 8.95. The normalized spacial score (nSPS) is 11.9. The average molecular weight is 583 g/mol. The maximum Gasteiger partial charge on any atom is 0.320 e. The molecule has 0 unspecified atom stereocenters. The molecular formula is C35H70N2O4. The Labute approximate surface area is 255 Å². The van der Waals surface area contributed by atoms with Gasteiger partial charge in [0.1, 0.15) is 5.60 Å². The molecule has 0 saturated carbocycles. The van der Waals surface area contributed by atoms with Crippen molar-refractivity contribution in [2.24, 2.45) is 0 Å². The van der Waals surface area contributed by atoms with E-state index in [1.165, 1.54) is 110 Å². The fourth-order valence-electron chi connectivity index (χ4n) is 5.27. The van der Waals surface area contributed by atoms with Crippen molar-refractivity contribution in [2.75, 3.05) is 46.4 Å². The molecule has 0 spiro atoms. The van der Waals surface area contributed by atoms with Gasteiger partial charge in [0, 0.05) is 19.5 Å². The lowest BCUT2D eigenvalue weighted by atomic mass is 10.1. The molecule has 0 aromatic heterocycles. The maximum atomic E-state index is 12.7. The van der Waals surface area contributed by atoms with Crippen LogP contribution in [0.3, 0.4) is 0 Å². The van der Waals surface area contributed by atoms with Gasteiger partial charge in [-0.05, 0) is 66.1 Å². The van der Waals surface area contributed by atoms with Crippen molar-refractivity contribution in [3.63, 3.8) is 0 Å². The summed E-state index contributed by atoms with van der Waals surface area (Å²) >= 11 is 0. The molecule has 0 bridgehead atoms. The number of carbonyl (C=O) groups is 2. The molecule has 0 aromatic carbocycles. The van der Waals surface area contributed by atoms with Crippen LogP contribution in [0.2, 0.25) is 0 Å². The molecule has 41 heavy (non-hydrogen) atoms. The highest BCUT2D eigenvalue weighted by molar-refractivity contribution is 5.72. The summed E-state index contributed by atoms with van der Waals surface area (Å²) in [5, 5.41) is 0. The van der Waals surface area contributed by atoms with E-state index in [2.05, 4.69) is 23.6 Å². The second-order valence-electron chi connectivity index (χ2n) is 13.0. The Morgan fingerprint density at radius 3 is 1.34 bits per heavy atom. The van der Waals surface area contributed by atoms with E-state index in [0.29, 0.717) is 13.0 Å². The highest BCUT2D eigenvalue weighted by Gasteiger charge is 2.19. The third kappa shape index (κ3) is 28.7. The quantitative estimate of drug-likeness (QED) is 0.0648. The van der Waals surface area contributed by atoms with Crippen LogP contribution in [0.5, 0.6) is 0 Å². The minimum absolute atomic E-state index is 0.0988. The molecule has 0 aliphatic heterocycles. The average Bonchev–Trinajstić information content (AvgIpc) is 2.92. The van der Waals surface area contributed by atoms with E-state index in [1.807, 2.05) is 20.8 Å². The minimum atomic E-state index is -0.442. The van der Waals surface area contributed by atoms with Gasteiger partial charge in [-0.1, -0.05) is 110 Å². The Morgan fingerprint density at radius 2 is 0.902 bits per heavy atom. The Morgan fingerprint density at radius 1 is 0.512 bits per heavy atom. The first kappa shape index (κ1) is 39.9. The van der Waals surface area contributed by atoms with E-state index in [4.69, 9.17) is 9.47 Å². The summed E-state index contributed by atoms with van der Waals surface area (Å²) < 4.78 is 10.4. The van der Waals surface area contributed by atoms with Crippen molar-refractivity contribution in [2.45, 2.75) is 169 Å². The third-order valence-corrected chi connectivity index (χ3v) is 7.74. The lowest BCUT2D eigenvalue weighted by Crippen LogP contribution is -2.40. The monoisotopic (exact) mass is 583 g/mol. The minimum Gasteiger partial charge on any atom is -0.469 e. The molecule has 0 N–H and O–H groups in total. The van der Waals surface area contributed by atoms with Gasteiger partial charge in [0.15, 0.2) is 0 Å². The summed E-state index contributed by atoms with van der Waals surface area (Å²) in [6, 6.07) is 0. The molecule has 244 valence electrons. The van der Waals surface area contributed by atoms with Crippen LogP contribution >= 0.6 is 0 Å². The van der Waals surface area contributed by atoms with E-state index in [-0.39, 0.29) is 11.9 Å². The molecule has 0 amide bonds. The van der Waals surface area contributed by atoms with E-state index in [0.717, 1.165) is 52.0 Å². The van der Waals surface area contributed by atoms with E-state index < -0.39 is 5.60 Å². The Bertz CT molecular complexity index is 605. The van der Waals surface area contributed by atoms with Crippen LogP contribution in [0, 0.1) is 0 Å². The predicted molar refractivity (Wildman–Crippen MR) is 174 cm³/mol. The van der Waals surface area contributed by atoms with Crippen molar-refractivity contribution in [3.05, 3.63) is 0 Å². The van der Waals surface area contributed by atoms with Gasteiger partial charge in [-0.15, -0.1) is 0 Å². The number of nitrogens with zero attached hydrogens (tertiary/aromatic N) is 2. The molecule has 0 radical (unpaired) electrons. The van der Waals surface area contributed by atoms with E-state index in [1.54, 1.807) is 0 Å². The molecule has 0 saturated heterocycles. The number of carbonyl (C=O) groups excluding carboxylic acids is 2. The van der Waals surface area contributed by atoms with Gasteiger partial charge in [-0.25, -0.2) is 0 Å². The van der Waals surface area contributed by atoms with Crippen LogP contribution in [-0.2, 0) is 19.1 Å². The lowest BCUT2D eigenvalue weighted by molar-refractivity contribution is -0.156. The largest absolute Gasteiger partial charge is 0.469 e. The van der Waals surface area contributed by atoms with Crippen molar-refractivity contribution in [1.29, 1.82) is 0 Å². The second-order valence-corrected chi connectivity index (χ2v) is 13.0. The number of unbranched alkanes of at least 4 members (excludes halogenated alkanes) is 16. The Hall–Kier alpha value is -1.14. The molecular weight excluding hydrogens is 512 g/mol. The zero-order valence-electron chi connectivity index (χ0n) is 28.4. The standard InChI is InChI=1S/C35H70N2O4/c1-7-9-11-13-15-19-23-27-36(28-24-21-17-18-22-26-33(38)40-6)30-31-37(32-34(39)41-35(3,4)5)29-25-20-16-14-12-10-8-2/h7-32H2,1-6H3. The zero-order valence-corrected chi connectivity index (χ0v) is 28.4. The van der Waals surface area contributed by atoms with Crippen LogP contribution in [-0.4, -0.2) is 73.7 Å². The van der Waals surface area contributed by atoms with Crippen LogP contribution in [0.1, 0.15) is 163 Å². The molecule has 6 heteroatoms. The van der Waals surface area contributed by atoms with E-state index >= 15 is 0 Å². The summed E-state index contributed by atoms with van der Waals surface area (Å²) in [7, 11) is 1.46. The highest BCUT2D eigenvalue weighted by Crippen LogP contribution is 2.12. The van der Waals surface area contributed by atoms with Crippen LogP contribution in [0.25, 0.3) is 0 Å². The van der Waals surface area contributed by atoms with Gasteiger partial charge < -0.3 is 14.4 Å². The van der Waals surface area contributed by atoms with Gasteiger partial charge in [-0.2, -0.15) is 0 Å². The topological polar surface area (TPSA) is 59.1 Å². The van der Waals surface area contributed by atoms with Crippen molar-refractivity contribution < 1.29 is 19.1 Å². The van der Waals surface area contributed by atoms with Gasteiger partial charge in [-0.3, -0.25) is 14.5 Å². The Balaban J connectivity index is 4.78. The summed E-state index contributed by atoms with van der Waals surface area (Å²) in [4.78, 5) is 29.0. The number of rotatable bonds is 29. The highest BCUT2D eigenvalue weighted by atomic mass is 16.6. The number of esters is 2. The first-order valence-corrected chi connectivity index (χ1v) is 17.4. The number of hydrogen-bond donors (Lipinski definition) is 0. The summed E-state index contributed by atoms with van der Waals surface area (Å²) in [5.41, 5.74) is -0.442. The first-order chi connectivity index (χ1) is 19.7. The number of hydrogen-bond acceptors (Lipinski definition) is 6. The van der Waals surface area contributed by atoms with Gasteiger partial charge >= 0.3 is 11.9 Å². The van der Waals surface area contributed by atoms with Gasteiger partial charge in [0.05, 0.1) is 13.7 Å². The van der Waals surface area contributed by atoms with Gasteiger partial charge in [0.25, 0.3) is 0 Å². The van der Waals surface area contributed by atoms with E-state index in [9.17, 15) is 9.59 Å². The molecule has 0 heterocycles. The molecule has 0 aliphatic rings. The molecule has 0 aliphatic carbocycles. The molecule has 0 aromatic rings. The van der Waals surface area contributed by atoms with Crippen molar-refractivity contribution in [3.8, 4) is 0 Å². The van der Waals surface area contributed by atoms with Crippen molar-refractivity contribution >= 4 is 11.9 Å². The number of ether oxygens (including phenoxy) is 2. The van der Waals surface area contributed by atoms with Crippen LogP contribution in [0.4, 0.5) is 0 Å². The first-order valence-electron chi connectivity index (χ1n) is 17.4.